The molecule has 5 nitrogen and oxygen atoms in total. The molecule has 1 aliphatic rings. The van der Waals surface area contributed by atoms with E-state index in [9.17, 15) is 14.7 Å². The first-order chi connectivity index (χ1) is 8.67. The van der Waals surface area contributed by atoms with E-state index >= 15 is 0 Å². The molecule has 110 valence electrons. The number of carboxylic acid groups (broad SMARTS) is 1. The lowest BCUT2D eigenvalue weighted by Gasteiger charge is -2.39. The van der Waals surface area contributed by atoms with Crippen LogP contribution >= 0.6 is 0 Å². The van der Waals surface area contributed by atoms with E-state index in [0.717, 1.165) is 25.9 Å². The van der Waals surface area contributed by atoms with E-state index in [1.165, 1.54) is 0 Å². The second kappa shape index (κ2) is 5.90. The van der Waals surface area contributed by atoms with Crippen LogP contribution in [0.5, 0.6) is 0 Å². The molecule has 1 saturated heterocycles. The van der Waals surface area contributed by atoms with Gasteiger partial charge in [-0.25, -0.2) is 0 Å². The maximum atomic E-state index is 12.1. The highest BCUT2D eigenvalue weighted by atomic mass is 16.4. The summed E-state index contributed by atoms with van der Waals surface area (Å²) >= 11 is 0. The average Bonchev–Trinajstić information content (AvgIpc) is 2.28. The molecule has 1 atom stereocenters. The second-order valence-electron chi connectivity index (χ2n) is 6.52. The van der Waals surface area contributed by atoms with Crippen molar-refractivity contribution in [2.75, 3.05) is 13.1 Å². The number of amides is 1. The fraction of sp³-hybridized carbons (Fsp3) is 0.857. The summed E-state index contributed by atoms with van der Waals surface area (Å²) in [5.74, 6) is -0.609. The summed E-state index contributed by atoms with van der Waals surface area (Å²) in [7, 11) is 0. The number of nitrogens with one attached hydrogen (secondary N) is 2. The Hall–Kier alpha value is -1.10. The first kappa shape index (κ1) is 16.0. The summed E-state index contributed by atoms with van der Waals surface area (Å²) in [5.41, 5.74) is -1.79. The number of aliphatic carboxylic acids is 1. The van der Waals surface area contributed by atoms with E-state index in [1.54, 1.807) is 27.7 Å². The Morgan fingerprint density at radius 3 is 2.42 bits per heavy atom. The van der Waals surface area contributed by atoms with Gasteiger partial charge in [-0.2, -0.15) is 0 Å². The monoisotopic (exact) mass is 270 g/mol. The predicted molar refractivity (Wildman–Crippen MR) is 73.8 cm³/mol. The molecular weight excluding hydrogens is 244 g/mol. The van der Waals surface area contributed by atoms with E-state index < -0.39 is 16.9 Å². The number of hydrogen-bond acceptors (Lipinski definition) is 3. The largest absolute Gasteiger partial charge is 0.481 e. The molecule has 1 rings (SSSR count). The maximum Gasteiger partial charge on any atom is 0.311 e. The molecule has 0 aromatic rings. The molecule has 1 aliphatic heterocycles. The first-order valence-electron chi connectivity index (χ1n) is 6.92. The van der Waals surface area contributed by atoms with Gasteiger partial charge in [0.2, 0.25) is 5.91 Å². The van der Waals surface area contributed by atoms with Crippen LogP contribution in [0.3, 0.4) is 0 Å². The van der Waals surface area contributed by atoms with Crippen LogP contribution in [0.2, 0.25) is 0 Å². The van der Waals surface area contributed by atoms with Crippen LogP contribution in [-0.4, -0.2) is 35.6 Å². The van der Waals surface area contributed by atoms with Gasteiger partial charge in [0.15, 0.2) is 0 Å². The first-order valence-corrected chi connectivity index (χ1v) is 6.92. The zero-order valence-electron chi connectivity index (χ0n) is 12.4. The SMILES string of the molecule is CC(C)(NC(=O)CC1CCCNC1)C(C)(C)C(=O)O. The minimum atomic E-state index is -1.01. The van der Waals surface area contributed by atoms with Crippen LogP contribution in [0.4, 0.5) is 0 Å². The Balaban J connectivity index is 2.57. The molecule has 1 amide bonds. The minimum absolute atomic E-state index is 0.0620. The summed E-state index contributed by atoms with van der Waals surface area (Å²) in [4.78, 5) is 23.3. The Morgan fingerprint density at radius 2 is 1.95 bits per heavy atom. The fourth-order valence-corrected chi connectivity index (χ4v) is 2.18. The number of hydrogen-bond donors (Lipinski definition) is 3. The van der Waals surface area contributed by atoms with E-state index in [0.29, 0.717) is 12.3 Å². The number of piperidine rings is 1. The standard InChI is InChI=1S/C14H26N2O3/c1-13(2,12(18)19)14(3,4)16-11(17)8-10-6-5-7-15-9-10/h10,15H,5-9H2,1-4H3,(H,16,17)(H,18,19). The summed E-state index contributed by atoms with van der Waals surface area (Å²) in [5, 5.41) is 15.4. The summed E-state index contributed by atoms with van der Waals surface area (Å²) in [6.45, 7) is 8.69. The van der Waals surface area contributed by atoms with Gasteiger partial charge in [0, 0.05) is 12.0 Å². The van der Waals surface area contributed by atoms with Crippen LogP contribution in [0.25, 0.3) is 0 Å². The summed E-state index contributed by atoms with van der Waals surface area (Å²) in [6, 6.07) is 0. The molecule has 1 heterocycles. The number of carbonyl (C=O) groups is 2. The second-order valence-corrected chi connectivity index (χ2v) is 6.52. The van der Waals surface area contributed by atoms with Crippen LogP contribution in [-0.2, 0) is 9.59 Å². The van der Waals surface area contributed by atoms with Crippen molar-refractivity contribution in [3.8, 4) is 0 Å². The molecule has 0 aromatic carbocycles. The van der Waals surface area contributed by atoms with Gasteiger partial charge in [-0.15, -0.1) is 0 Å². The Labute approximate surface area is 115 Å². The van der Waals surface area contributed by atoms with Gasteiger partial charge in [0.1, 0.15) is 0 Å². The van der Waals surface area contributed by atoms with Crippen molar-refractivity contribution in [1.29, 1.82) is 0 Å². The molecule has 0 aliphatic carbocycles. The lowest BCUT2D eigenvalue weighted by molar-refractivity contribution is -0.151. The summed E-state index contributed by atoms with van der Waals surface area (Å²) in [6.07, 6.45) is 2.62. The molecule has 5 heteroatoms. The van der Waals surface area contributed by atoms with Gasteiger partial charge in [-0.3, -0.25) is 9.59 Å². The quantitative estimate of drug-likeness (QED) is 0.705. The molecule has 1 unspecified atom stereocenters. The van der Waals surface area contributed by atoms with E-state index in [2.05, 4.69) is 10.6 Å². The lowest BCUT2D eigenvalue weighted by Crippen LogP contribution is -2.57. The van der Waals surface area contributed by atoms with Gasteiger partial charge in [0.05, 0.1) is 5.41 Å². The fourth-order valence-electron chi connectivity index (χ4n) is 2.18. The van der Waals surface area contributed by atoms with Crippen LogP contribution in [0, 0.1) is 11.3 Å². The molecular formula is C14H26N2O3. The third-order valence-corrected chi connectivity index (χ3v) is 4.42. The third-order valence-electron chi connectivity index (χ3n) is 4.42. The molecule has 0 radical (unpaired) electrons. The topological polar surface area (TPSA) is 78.4 Å². The van der Waals surface area contributed by atoms with Crippen LogP contribution in [0.1, 0.15) is 47.0 Å². The average molecular weight is 270 g/mol. The predicted octanol–water partition coefficient (Wildman–Crippen LogP) is 1.38. The molecule has 0 aromatic heterocycles. The highest BCUT2D eigenvalue weighted by Crippen LogP contribution is 2.31. The Bertz CT molecular complexity index is 345. The molecule has 0 bridgehead atoms. The number of rotatable bonds is 5. The van der Waals surface area contributed by atoms with Gasteiger partial charge in [-0.1, -0.05) is 0 Å². The highest BCUT2D eigenvalue weighted by molar-refractivity contribution is 5.80. The third kappa shape index (κ3) is 3.93. The Morgan fingerprint density at radius 1 is 1.32 bits per heavy atom. The van der Waals surface area contributed by atoms with Crippen LogP contribution in [0.15, 0.2) is 0 Å². The van der Waals surface area contributed by atoms with Gasteiger partial charge < -0.3 is 15.7 Å². The van der Waals surface area contributed by atoms with Crippen molar-refractivity contribution in [2.24, 2.45) is 11.3 Å². The maximum absolute atomic E-state index is 12.1. The van der Waals surface area contributed by atoms with Crippen LogP contribution < -0.4 is 10.6 Å². The number of carboxylic acids is 1. The van der Waals surface area contributed by atoms with E-state index in [1.807, 2.05) is 0 Å². The normalized spacial score (nSPS) is 20.9. The molecule has 1 fully saturated rings. The lowest BCUT2D eigenvalue weighted by atomic mass is 9.74. The van der Waals surface area contributed by atoms with Crippen molar-refractivity contribution in [3.63, 3.8) is 0 Å². The van der Waals surface area contributed by atoms with Crippen molar-refractivity contribution >= 4 is 11.9 Å². The van der Waals surface area contributed by atoms with Crippen molar-refractivity contribution in [3.05, 3.63) is 0 Å². The zero-order valence-corrected chi connectivity index (χ0v) is 12.4. The van der Waals surface area contributed by atoms with Crippen molar-refractivity contribution in [2.45, 2.75) is 52.5 Å². The molecule has 0 spiro atoms. The van der Waals surface area contributed by atoms with Gasteiger partial charge >= 0.3 is 5.97 Å². The molecule has 19 heavy (non-hydrogen) atoms. The van der Waals surface area contributed by atoms with E-state index in [-0.39, 0.29) is 5.91 Å². The van der Waals surface area contributed by atoms with Crippen molar-refractivity contribution in [1.82, 2.24) is 10.6 Å². The van der Waals surface area contributed by atoms with Gasteiger partial charge in [0.25, 0.3) is 0 Å². The van der Waals surface area contributed by atoms with Crippen molar-refractivity contribution < 1.29 is 14.7 Å². The Kier molecular flexibility index (Phi) is 4.96. The molecule has 0 saturated carbocycles. The molecule has 3 N–H and O–H groups in total. The summed E-state index contributed by atoms with van der Waals surface area (Å²) < 4.78 is 0. The zero-order chi connectivity index (χ0) is 14.7. The minimum Gasteiger partial charge on any atom is -0.481 e. The van der Waals surface area contributed by atoms with Gasteiger partial charge in [-0.05, 0) is 59.5 Å². The highest BCUT2D eigenvalue weighted by Gasteiger charge is 2.44. The number of carbonyl (C=O) groups excluding carboxylic acids is 1. The van der Waals surface area contributed by atoms with E-state index in [4.69, 9.17) is 0 Å². The smallest absolute Gasteiger partial charge is 0.311 e.